The number of H-pyrrole nitrogens is 1. The van der Waals surface area contributed by atoms with E-state index in [0.29, 0.717) is 21.4 Å². The average molecular weight is 1370 g/mol. The number of Topliss-reactive ketones (excluding diaryl/α,β-unsaturated/α-hetero) is 1. The molecule has 15 nitrogen and oxygen atoms in total. The quantitative estimate of drug-likeness (QED) is 0.0177. The van der Waals surface area contributed by atoms with Crippen molar-refractivity contribution >= 4 is 134 Å². The Morgan fingerprint density at radius 1 is 0.667 bits per heavy atom. The van der Waals surface area contributed by atoms with Crippen molar-refractivity contribution < 1.29 is 133 Å². The molecule has 11 aromatic rings. The van der Waals surface area contributed by atoms with Crippen LogP contribution in [0, 0.1) is 4.77 Å². The molecule has 0 radical (unpaired) electrons. The summed E-state index contributed by atoms with van der Waals surface area (Å²) in [6, 6.07) is 53.7. The first kappa shape index (κ1) is 72.8. The van der Waals surface area contributed by atoms with Gasteiger partial charge in [-0.15, -0.1) is 90.3 Å². The van der Waals surface area contributed by atoms with Crippen LogP contribution in [0.2, 0.25) is 0 Å². The van der Waals surface area contributed by atoms with E-state index in [2.05, 4.69) is 70.5 Å². The summed E-state index contributed by atoms with van der Waals surface area (Å²) >= 11 is 34.0. The number of benzene rings is 5. The van der Waals surface area contributed by atoms with Gasteiger partial charge in [-0.1, -0.05) is 151 Å². The first-order valence-electron chi connectivity index (χ1n) is 23.9. The number of aromatic nitrogens is 8. The Morgan fingerprint density at radius 3 is 1.56 bits per heavy atom. The number of nitrogens with two attached hydrogens (primary N) is 1. The van der Waals surface area contributed by atoms with Gasteiger partial charge >= 0.3 is 103 Å². The van der Waals surface area contributed by atoms with Gasteiger partial charge in [0.15, 0.2) is 27.4 Å². The molecular formula is C57H50Cl3K2N9O6S7. The SMILES string of the molecule is COc1ccccc1-n1c(-c2cccs2)n[nH]c1=S.COc1ccccc1-n1c(SCc2csc(-c3ccccc3)n2)nnc1-c1cccs1.ClCc1csc(-c2ccccc2)n1.NC(=S)c1ccccc1.O=C(CCl)CCl.O=CO[O-].[H-].[K+].[K+]. The number of alkyl halides is 3. The van der Waals surface area contributed by atoms with Crippen LogP contribution >= 0.6 is 116 Å². The minimum atomic E-state index is -0.181. The molecule has 11 rings (SSSR count). The number of aromatic amines is 1. The number of nitrogens with one attached hydrogen (secondary N) is 1. The van der Waals surface area contributed by atoms with Crippen LogP contribution in [-0.4, -0.2) is 82.7 Å². The fourth-order valence-corrected chi connectivity index (χ4v) is 11.7. The smallest absolute Gasteiger partial charge is 1.00 e. The van der Waals surface area contributed by atoms with Gasteiger partial charge in [0.25, 0.3) is 6.47 Å². The number of carbonyl (C=O) groups excluding carboxylic acids is 2. The van der Waals surface area contributed by atoms with E-state index in [1.165, 1.54) is 0 Å². The second-order valence-electron chi connectivity index (χ2n) is 15.8. The summed E-state index contributed by atoms with van der Waals surface area (Å²) in [6.07, 6.45) is 0. The minimum absolute atomic E-state index is 0. The molecule has 0 unspecified atom stereocenters. The molecule has 0 aliphatic carbocycles. The summed E-state index contributed by atoms with van der Waals surface area (Å²) < 4.78 is 15.5. The summed E-state index contributed by atoms with van der Waals surface area (Å²) in [6.45, 7) is -0.181. The number of ether oxygens (including phenoxy) is 2. The summed E-state index contributed by atoms with van der Waals surface area (Å²) in [5, 5.41) is 35.6. The van der Waals surface area contributed by atoms with Crippen molar-refractivity contribution in [2.45, 2.75) is 16.8 Å². The molecule has 27 heteroatoms. The van der Waals surface area contributed by atoms with Crippen LogP contribution in [0.3, 0.4) is 0 Å². The summed E-state index contributed by atoms with van der Waals surface area (Å²) in [7, 11) is 3.33. The normalized spacial score (nSPS) is 9.83. The molecule has 0 atom stereocenters. The molecule has 0 amide bonds. The van der Waals surface area contributed by atoms with Crippen LogP contribution in [-0.2, 0) is 26.1 Å². The minimum Gasteiger partial charge on any atom is -1.00 e. The van der Waals surface area contributed by atoms with Gasteiger partial charge in [-0.05, 0) is 59.4 Å². The standard InChI is InChI=1S/C23H18N4OS3.C13H11N3OS2.C10H8ClNS.C7H7NS.C3H4Cl2O.CH2O3.2K.H/c1-28-19-11-6-5-10-18(19)27-21(20-12-7-13-29-20)25-26-23(27)31-15-17-14-30-22(24-17)16-8-3-2-4-9-16;1-17-10-6-3-2-5-9(10)16-12(14-15-13(16)18)11-7-4-8-19-11;11-6-9-7-13-10(12-9)8-4-2-1-3-5-8;8-7(9)6-4-2-1-3-5-6;4-1-3(6)2-5;2-1-4-3;;;/h2-14H,15H2,1H3;2-8H,1H3,(H,15,18);1-5,7H,6H2;1-5H,(H2,8,9);1-2H2;1,3H;;;/q;;;;;;2*+1;-1/p-1. The first-order valence-corrected chi connectivity index (χ1v) is 30.9. The van der Waals surface area contributed by atoms with E-state index in [1.54, 1.807) is 71.3 Å². The number of hydrogen-bond donors (Lipinski definition) is 2. The topological polar surface area (TPSA) is 201 Å². The molecule has 0 aliphatic rings. The Kier molecular flexibility index (Phi) is 35.3. The molecule has 0 bridgehead atoms. The molecule has 6 aromatic heterocycles. The molecule has 3 N–H and O–H groups in total. The molecule has 0 saturated heterocycles. The van der Waals surface area contributed by atoms with E-state index in [-0.39, 0.29) is 128 Å². The second kappa shape index (κ2) is 40.7. The van der Waals surface area contributed by atoms with Crippen molar-refractivity contribution in [3.63, 3.8) is 0 Å². The van der Waals surface area contributed by atoms with E-state index >= 15 is 0 Å². The van der Waals surface area contributed by atoms with Crippen molar-refractivity contribution in [1.29, 1.82) is 0 Å². The van der Waals surface area contributed by atoms with E-state index in [4.69, 9.17) is 89.5 Å². The van der Waals surface area contributed by atoms with Gasteiger partial charge in [0.2, 0.25) is 0 Å². The van der Waals surface area contributed by atoms with Gasteiger partial charge in [0.05, 0.1) is 64.4 Å². The largest absolute Gasteiger partial charge is 1.00 e. The number of rotatable bonds is 16. The van der Waals surface area contributed by atoms with Gasteiger partial charge in [-0.2, -0.15) is 5.10 Å². The number of thioether (sulfide) groups is 1. The monoisotopic (exact) mass is 1360 g/mol. The van der Waals surface area contributed by atoms with Crippen molar-refractivity contribution in [1.82, 2.24) is 39.5 Å². The molecular weight excluding hydrogens is 1320 g/mol. The number of methoxy groups -OCH3 is 2. The maximum absolute atomic E-state index is 9.92. The average Bonchev–Trinajstić information content (AvgIpc) is 4.52. The first-order chi connectivity index (χ1) is 40.1. The van der Waals surface area contributed by atoms with Crippen LogP contribution in [0.25, 0.3) is 53.9 Å². The Labute approximate surface area is 618 Å². The number of carbonyl (C=O) groups is 2. The van der Waals surface area contributed by atoms with Gasteiger partial charge in [-0.25, -0.2) is 9.97 Å². The maximum atomic E-state index is 9.92. The number of thiocarbonyl (C=S) groups is 1. The number of thiazole rings is 2. The van der Waals surface area contributed by atoms with Crippen LogP contribution in [0.5, 0.6) is 11.5 Å². The van der Waals surface area contributed by atoms with Crippen molar-refractivity contribution in [2.75, 3.05) is 26.0 Å². The van der Waals surface area contributed by atoms with E-state index < -0.39 is 0 Å². The predicted octanol–water partition coefficient (Wildman–Crippen LogP) is 8.55. The Morgan fingerprint density at radius 2 is 1.13 bits per heavy atom. The van der Waals surface area contributed by atoms with Crippen molar-refractivity contribution in [3.05, 3.63) is 207 Å². The molecule has 84 heavy (non-hydrogen) atoms. The van der Waals surface area contributed by atoms with Gasteiger partial charge in [0.1, 0.15) is 26.5 Å². The fourth-order valence-electron chi connectivity index (χ4n) is 6.81. The molecule has 0 fully saturated rings. The number of hydrogen-bond acceptors (Lipinski definition) is 18. The third kappa shape index (κ3) is 22.5. The van der Waals surface area contributed by atoms with E-state index in [0.717, 1.165) is 87.5 Å². The summed E-state index contributed by atoms with van der Waals surface area (Å²) in [5.74, 6) is 4.28. The predicted molar refractivity (Wildman–Crippen MR) is 341 cm³/mol. The summed E-state index contributed by atoms with van der Waals surface area (Å²) in [4.78, 5) is 32.9. The van der Waals surface area contributed by atoms with Crippen LogP contribution in [0.15, 0.2) is 190 Å². The molecule has 424 valence electrons. The number of thiophene rings is 2. The maximum Gasteiger partial charge on any atom is 1.00 e. The van der Waals surface area contributed by atoms with E-state index in [1.807, 2.05) is 154 Å². The zero-order valence-corrected chi connectivity index (χ0v) is 59.7. The molecule has 0 spiro atoms. The number of ketones is 1. The van der Waals surface area contributed by atoms with Gasteiger partial charge in [-0.3, -0.25) is 23.8 Å². The van der Waals surface area contributed by atoms with Crippen LogP contribution in [0.1, 0.15) is 18.4 Å². The Bertz CT molecular complexity index is 3710. The second-order valence-corrected chi connectivity index (χ2v) is 22.0. The third-order valence-corrected chi connectivity index (χ3v) is 16.4. The van der Waals surface area contributed by atoms with Crippen molar-refractivity contribution in [2.24, 2.45) is 5.73 Å². The Hall–Kier alpha value is -3.66. The van der Waals surface area contributed by atoms with Crippen molar-refractivity contribution in [3.8, 4) is 65.4 Å². The van der Waals surface area contributed by atoms with E-state index in [9.17, 15) is 4.79 Å². The van der Waals surface area contributed by atoms with Crippen LogP contribution < -0.4 is 123 Å². The molecule has 0 aliphatic heterocycles. The zero-order chi connectivity index (χ0) is 58.5. The molecule has 6 heterocycles. The molecule has 0 saturated carbocycles. The van der Waals surface area contributed by atoms with Gasteiger partial charge < -0.3 is 26.8 Å². The number of halogens is 3. The fraction of sp³-hybridized carbons (Fsp3) is 0.105. The summed E-state index contributed by atoms with van der Waals surface area (Å²) in [5.41, 5.74) is 12.3. The van der Waals surface area contributed by atoms with Crippen LogP contribution in [0.4, 0.5) is 0 Å². The number of para-hydroxylation sites is 4. The molecule has 5 aromatic carbocycles. The third-order valence-electron chi connectivity index (χ3n) is 10.5. The number of nitrogens with zero attached hydrogens (tertiary/aromatic N) is 7. The van der Waals surface area contributed by atoms with Gasteiger partial charge in [0, 0.05) is 33.2 Å². The zero-order valence-electron chi connectivity index (χ0n) is 46.5. The Balaban J connectivity index is 0.000000300.